The quantitative estimate of drug-likeness (QED) is 0.874. The Morgan fingerprint density at radius 3 is 2.67 bits per heavy atom. The molecule has 0 aliphatic carbocycles. The molecule has 0 bridgehead atoms. The molecule has 1 aromatic carbocycles. The van der Waals surface area contributed by atoms with Crippen molar-refractivity contribution in [1.82, 2.24) is 4.98 Å². The fourth-order valence-electron chi connectivity index (χ4n) is 1.43. The van der Waals surface area contributed by atoms with Gasteiger partial charge in [0.2, 0.25) is 5.88 Å². The number of hydrogen-bond acceptors (Lipinski definition) is 3. The molecule has 0 aliphatic rings. The molecule has 0 saturated carbocycles. The molecule has 2 N–H and O–H groups in total. The molecule has 0 saturated heterocycles. The molecule has 0 atom stereocenters. The number of rotatable bonds is 3. The van der Waals surface area contributed by atoms with Crippen LogP contribution in [-0.2, 0) is 0 Å². The number of thiocarbonyl (C=S) groups is 1. The highest BCUT2D eigenvalue weighted by Crippen LogP contribution is 2.26. The lowest BCUT2D eigenvalue weighted by Crippen LogP contribution is -2.09. The molecule has 0 radical (unpaired) electrons. The summed E-state index contributed by atoms with van der Waals surface area (Å²) in [4.78, 5) is 4.45. The Hall–Kier alpha value is -1.65. The number of hydrogen-bond donors (Lipinski definition) is 1. The Labute approximate surface area is 116 Å². The summed E-state index contributed by atoms with van der Waals surface area (Å²) in [6.07, 6.45) is 1.59. The van der Waals surface area contributed by atoms with Crippen LogP contribution in [0.1, 0.15) is 11.1 Å². The maximum Gasteiger partial charge on any atom is 0.219 e. The van der Waals surface area contributed by atoms with Crippen LogP contribution in [0, 0.1) is 6.92 Å². The number of nitrogens with zero attached hydrogens (tertiary/aromatic N) is 1. The highest BCUT2D eigenvalue weighted by atomic mass is 35.5. The smallest absolute Gasteiger partial charge is 0.219 e. The van der Waals surface area contributed by atoms with E-state index in [1.807, 2.05) is 13.0 Å². The summed E-state index contributed by atoms with van der Waals surface area (Å²) in [5.74, 6) is 1.20. The monoisotopic (exact) mass is 278 g/mol. The molecule has 2 aromatic rings. The predicted molar refractivity (Wildman–Crippen MR) is 76.4 cm³/mol. The predicted octanol–water partition coefficient (Wildman–Crippen LogP) is 3.47. The summed E-state index contributed by atoms with van der Waals surface area (Å²) >= 11 is 10.7. The van der Waals surface area contributed by atoms with E-state index >= 15 is 0 Å². The van der Waals surface area contributed by atoms with E-state index in [0.29, 0.717) is 21.5 Å². The van der Waals surface area contributed by atoms with Crippen molar-refractivity contribution in [2.45, 2.75) is 6.92 Å². The fraction of sp³-hybridized carbons (Fsp3) is 0.0769. The molecule has 0 unspecified atom stereocenters. The average Bonchev–Trinajstić information content (AvgIpc) is 2.33. The molecule has 0 aliphatic heterocycles. The van der Waals surface area contributed by atoms with Crippen molar-refractivity contribution in [1.29, 1.82) is 0 Å². The molecule has 0 amide bonds. The number of nitrogens with two attached hydrogens (primary N) is 1. The van der Waals surface area contributed by atoms with E-state index < -0.39 is 0 Å². The van der Waals surface area contributed by atoms with Crippen LogP contribution >= 0.6 is 23.8 Å². The van der Waals surface area contributed by atoms with Crippen molar-refractivity contribution in [2.24, 2.45) is 5.73 Å². The molecule has 0 fully saturated rings. The van der Waals surface area contributed by atoms with Gasteiger partial charge < -0.3 is 10.5 Å². The summed E-state index contributed by atoms with van der Waals surface area (Å²) in [6.45, 7) is 1.92. The molecular formula is C13H11ClN2OS. The third kappa shape index (κ3) is 2.97. The van der Waals surface area contributed by atoms with Gasteiger partial charge in [0.05, 0.1) is 0 Å². The van der Waals surface area contributed by atoms with Crippen LogP contribution in [-0.4, -0.2) is 9.97 Å². The van der Waals surface area contributed by atoms with Crippen molar-refractivity contribution in [2.75, 3.05) is 0 Å². The second kappa shape index (κ2) is 5.33. The number of benzene rings is 1. The van der Waals surface area contributed by atoms with Crippen LogP contribution < -0.4 is 10.5 Å². The largest absolute Gasteiger partial charge is 0.439 e. The molecule has 3 nitrogen and oxygen atoms in total. The summed E-state index contributed by atoms with van der Waals surface area (Å²) in [7, 11) is 0. The molecular weight excluding hydrogens is 268 g/mol. The first kappa shape index (κ1) is 12.8. The maximum absolute atomic E-state index is 5.88. The number of aromatic nitrogens is 1. The minimum atomic E-state index is 0.316. The fourth-order valence-corrected chi connectivity index (χ4v) is 1.77. The zero-order valence-corrected chi connectivity index (χ0v) is 11.3. The van der Waals surface area contributed by atoms with Crippen LogP contribution in [0.5, 0.6) is 11.6 Å². The molecule has 18 heavy (non-hydrogen) atoms. The third-order valence-electron chi connectivity index (χ3n) is 2.37. The van der Waals surface area contributed by atoms with Crippen molar-refractivity contribution in [3.8, 4) is 11.6 Å². The molecule has 1 aromatic heterocycles. The SMILES string of the molecule is Cc1cc(Cl)ccc1Oc1ccc(C(N)=S)cn1. The topological polar surface area (TPSA) is 48.1 Å². The van der Waals surface area contributed by atoms with E-state index in [1.165, 1.54) is 0 Å². The van der Waals surface area contributed by atoms with Crippen molar-refractivity contribution < 1.29 is 4.74 Å². The highest BCUT2D eigenvalue weighted by Gasteiger charge is 2.04. The Balaban J connectivity index is 2.21. The summed E-state index contributed by atoms with van der Waals surface area (Å²) in [6, 6.07) is 8.91. The average molecular weight is 279 g/mol. The first-order valence-electron chi connectivity index (χ1n) is 5.26. The summed E-state index contributed by atoms with van der Waals surface area (Å²) < 4.78 is 5.65. The van der Waals surface area contributed by atoms with Crippen LogP contribution in [0.15, 0.2) is 36.5 Å². The molecule has 2 rings (SSSR count). The first-order chi connectivity index (χ1) is 8.56. The van der Waals surface area contributed by atoms with Gasteiger partial charge in [0.1, 0.15) is 10.7 Å². The van der Waals surface area contributed by atoms with Gasteiger partial charge in [-0.15, -0.1) is 0 Å². The van der Waals surface area contributed by atoms with Gasteiger partial charge in [0.15, 0.2) is 0 Å². The van der Waals surface area contributed by atoms with Crippen LogP contribution in [0.2, 0.25) is 5.02 Å². The van der Waals surface area contributed by atoms with Crippen LogP contribution in [0.3, 0.4) is 0 Å². The van der Waals surface area contributed by atoms with Gasteiger partial charge in [0, 0.05) is 22.8 Å². The normalized spacial score (nSPS) is 10.1. The Bertz CT molecular complexity index is 584. The van der Waals surface area contributed by atoms with Gasteiger partial charge in [-0.3, -0.25) is 0 Å². The lowest BCUT2D eigenvalue weighted by Gasteiger charge is -2.08. The van der Waals surface area contributed by atoms with Crippen molar-refractivity contribution in [3.05, 3.63) is 52.7 Å². The Morgan fingerprint density at radius 1 is 1.33 bits per heavy atom. The summed E-state index contributed by atoms with van der Waals surface area (Å²) in [5, 5.41) is 0.677. The lowest BCUT2D eigenvalue weighted by atomic mass is 10.2. The van der Waals surface area contributed by atoms with E-state index in [0.717, 1.165) is 11.3 Å². The van der Waals surface area contributed by atoms with Gasteiger partial charge in [-0.1, -0.05) is 23.8 Å². The Morgan fingerprint density at radius 2 is 2.11 bits per heavy atom. The molecule has 0 spiro atoms. The molecule has 5 heteroatoms. The molecule has 92 valence electrons. The molecule has 1 heterocycles. The Kier molecular flexibility index (Phi) is 3.79. The van der Waals surface area contributed by atoms with Crippen LogP contribution in [0.25, 0.3) is 0 Å². The lowest BCUT2D eigenvalue weighted by molar-refractivity contribution is 0.459. The zero-order chi connectivity index (χ0) is 13.1. The highest BCUT2D eigenvalue weighted by molar-refractivity contribution is 7.80. The standard InChI is InChI=1S/C13H11ClN2OS/c1-8-6-10(14)3-4-11(8)17-12-5-2-9(7-16-12)13(15)18/h2-7H,1H3,(H2,15,18). The van der Waals surface area contributed by atoms with E-state index in [-0.39, 0.29) is 0 Å². The maximum atomic E-state index is 5.88. The van der Waals surface area contributed by atoms with E-state index in [2.05, 4.69) is 4.98 Å². The number of ether oxygens (including phenoxy) is 1. The van der Waals surface area contributed by atoms with E-state index in [4.69, 9.17) is 34.3 Å². The number of aryl methyl sites for hydroxylation is 1. The second-order valence-corrected chi connectivity index (χ2v) is 4.64. The summed E-state index contributed by atoms with van der Waals surface area (Å²) in [5.41, 5.74) is 7.15. The number of pyridine rings is 1. The minimum Gasteiger partial charge on any atom is -0.439 e. The third-order valence-corrected chi connectivity index (χ3v) is 2.84. The minimum absolute atomic E-state index is 0.316. The zero-order valence-electron chi connectivity index (χ0n) is 9.68. The van der Waals surface area contributed by atoms with Gasteiger partial charge in [0.25, 0.3) is 0 Å². The number of halogens is 1. The van der Waals surface area contributed by atoms with Crippen molar-refractivity contribution in [3.63, 3.8) is 0 Å². The van der Waals surface area contributed by atoms with Crippen molar-refractivity contribution >= 4 is 28.8 Å². The first-order valence-corrected chi connectivity index (χ1v) is 6.05. The van der Waals surface area contributed by atoms with Gasteiger partial charge in [-0.2, -0.15) is 0 Å². The van der Waals surface area contributed by atoms with E-state index in [9.17, 15) is 0 Å². The van der Waals surface area contributed by atoms with Gasteiger partial charge in [-0.25, -0.2) is 4.98 Å². The van der Waals surface area contributed by atoms with Gasteiger partial charge in [-0.05, 0) is 36.8 Å². The van der Waals surface area contributed by atoms with E-state index in [1.54, 1.807) is 30.5 Å². The van der Waals surface area contributed by atoms with Gasteiger partial charge >= 0.3 is 0 Å². The second-order valence-electron chi connectivity index (χ2n) is 3.76. The van der Waals surface area contributed by atoms with Crippen LogP contribution in [0.4, 0.5) is 0 Å².